The SMILES string of the molecule is CC1CN(c2cc(F)c(-c3ccc(N4CCNCC4)nc3)cc2NC(=O)c2ccc(F)cc2C(F)(F)F)CCN1C. The fourth-order valence-electron chi connectivity index (χ4n) is 5.18. The van der Waals surface area contributed by atoms with E-state index in [9.17, 15) is 22.4 Å². The molecule has 2 fully saturated rings. The molecule has 41 heavy (non-hydrogen) atoms. The number of hydrogen-bond acceptors (Lipinski definition) is 6. The number of carbonyl (C=O) groups is 1. The molecule has 0 spiro atoms. The van der Waals surface area contributed by atoms with E-state index in [-0.39, 0.29) is 17.3 Å². The minimum Gasteiger partial charge on any atom is -0.367 e. The number of nitrogens with zero attached hydrogens (tertiary/aromatic N) is 4. The minimum absolute atomic E-state index is 0.116. The van der Waals surface area contributed by atoms with Gasteiger partial charge in [0.25, 0.3) is 5.91 Å². The number of benzene rings is 2. The van der Waals surface area contributed by atoms with Crippen LogP contribution < -0.4 is 20.4 Å². The molecule has 1 atom stereocenters. The van der Waals surface area contributed by atoms with Gasteiger partial charge in [-0.15, -0.1) is 0 Å². The normalized spacial score (nSPS) is 18.5. The molecule has 1 aromatic heterocycles. The zero-order valence-electron chi connectivity index (χ0n) is 22.7. The van der Waals surface area contributed by atoms with E-state index in [1.54, 1.807) is 18.3 Å². The number of aromatic nitrogens is 1. The van der Waals surface area contributed by atoms with Crippen molar-refractivity contribution in [2.75, 3.05) is 68.0 Å². The van der Waals surface area contributed by atoms with Crippen LogP contribution in [0.25, 0.3) is 11.1 Å². The summed E-state index contributed by atoms with van der Waals surface area (Å²) in [5.74, 6) is -1.99. The number of pyridine rings is 1. The summed E-state index contributed by atoms with van der Waals surface area (Å²) in [5, 5.41) is 5.84. The summed E-state index contributed by atoms with van der Waals surface area (Å²) in [6.07, 6.45) is -3.41. The van der Waals surface area contributed by atoms with Crippen molar-refractivity contribution in [3.05, 3.63) is 71.4 Å². The highest BCUT2D eigenvalue weighted by Gasteiger charge is 2.36. The van der Waals surface area contributed by atoms with Gasteiger partial charge in [0.1, 0.15) is 17.5 Å². The van der Waals surface area contributed by atoms with Crippen LogP contribution >= 0.6 is 0 Å². The molecule has 2 N–H and O–H groups in total. The highest BCUT2D eigenvalue weighted by atomic mass is 19.4. The average Bonchev–Trinajstić information content (AvgIpc) is 2.95. The molecule has 2 aliphatic rings. The lowest BCUT2D eigenvalue weighted by Crippen LogP contribution is -2.50. The molecule has 2 aromatic carbocycles. The molecule has 3 heterocycles. The molecule has 2 aliphatic heterocycles. The number of hydrogen-bond donors (Lipinski definition) is 2. The average molecular weight is 575 g/mol. The number of likely N-dealkylation sites (N-methyl/N-ethyl adjacent to an activating group) is 1. The van der Waals surface area contributed by atoms with Gasteiger partial charge >= 0.3 is 6.18 Å². The minimum atomic E-state index is -4.95. The highest BCUT2D eigenvalue weighted by Crippen LogP contribution is 2.37. The largest absolute Gasteiger partial charge is 0.417 e. The van der Waals surface area contributed by atoms with E-state index in [0.29, 0.717) is 37.0 Å². The Morgan fingerprint density at radius 1 is 1.00 bits per heavy atom. The molecule has 7 nitrogen and oxygen atoms in total. The summed E-state index contributed by atoms with van der Waals surface area (Å²) in [6, 6.07) is 8.25. The Balaban J connectivity index is 1.52. The van der Waals surface area contributed by atoms with E-state index in [4.69, 9.17) is 0 Å². The van der Waals surface area contributed by atoms with Crippen LogP contribution in [0.1, 0.15) is 22.8 Å². The third kappa shape index (κ3) is 6.28. The molecule has 0 bridgehead atoms. The standard InChI is InChI=1S/C29H31F5N6O/c1-18-17-40(12-11-38(18)2)26-15-24(31)22(19-3-6-27(36-16-19)39-9-7-35-8-10-39)14-25(26)37-28(41)21-5-4-20(30)13-23(21)29(32,33)34/h3-6,13-16,18,35H,7-12,17H2,1-2H3,(H,37,41). The van der Waals surface area contributed by atoms with Crippen LogP contribution in [0.4, 0.5) is 39.1 Å². The van der Waals surface area contributed by atoms with Gasteiger partial charge in [-0.05, 0) is 56.4 Å². The second-order valence-electron chi connectivity index (χ2n) is 10.4. The second kappa shape index (κ2) is 11.6. The molecule has 12 heteroatoms. The highest BCUT2D eigenvalue weighted by molar-refractivity contribution is 6.07. The van der Waals surface area contributed by atoms with Crippen LogP contribution in [0.2, 0.25) is 0 Å². The van der Waals surface area contributed by atoms with Gasteiger partial charge in [0.05, 0.1) is 22.5 Å². The van der Waals surface area contributed by atoms with Gasteiger partial charge in [0.15, 0.2) is 0 Å². The predicted octanol–water partition coefficient (Wildman–Crippen LogP) is 4.85. The summed E-state index contributed by atoms with van der Waals surface area (Å²) in [6.45, 7) is 6.96. The van der Waals surface area contributed by atoms with E-state index in [0.717, 1.165) is 44.1 Å². The molecule has 1 unspecified atom stereocenters. The van der Waals surface area contributed by atoms with Crippen molar-refractivity contribution < 1.29 is 26.7 Å². The number of piperazine rings is 2. The monoisotopic (exact) mass is 574 g/mol. The van der Waals surface area contributed by atoms with Gasteiger partial charge in [-0.2, -0.15) is 13.2 Å². The van der Waals surface area contributed by atoms with E-state index in [1.807, 2.05) is 18.9 Å². The molecule has 2 saturated heterocycles. The number of rotatable bonds is 5. The van der Waals surface area contributed by atoms with Crippen molar-refractivity contribution in [3.63, 3.8) is 0 Å². The number of anilines is 3. The molecule has 0 saturated carbocycles. The van der Waals surface area contributed by atoms with E-state index < -0.39 is 34.8 Å². The second-order valence-corrected chi connectivity index (χ2v) is 10.4. The van der Waals surface area contributed by atoms with Crippen LogP contribution in [0.3, 0.4) is 0 Å². The van der Waals surface area contributed by atoms with Gasteiger partial charge in [-0.3, -0.25) is 4.79 Å². The Bertz CT molecular complexity index is 1410. The van der Waals surface area contributed by atoms with E-state index in [2.05, 4.69) is 25.4 Å². The topological polar surface area (TPSA) is 63.7 Å². The zero-order valence-corrected chi connectivity index (χ0v) is 22.7. The number of carbonyl (C=O) groups excluding carboxylic acids is 1. The third-order valence-electron chi connectivity index (χ3n) is 7.67. The van der Waals surface area contributed by atoms with Gasteiger partial charge in [-0.1, -0.05) is 0 Å². The molecule has 218 valence electrons. The van der Waals surface area contributed by atoms with Crippen LogP contribution in [-0.2, 0) is 6.18 Å². The van der Waals surface area contributed by atoms with Crippen molar-refractivity contribution in [1.82, 2.24) is 15.2 Å². The molecule has 0 aliphatic carbocycles. The first-order chi connectivity index (χ1) is 19.5. The first kappa shape index (κ1) is 28.7. The Morgan fingerprint density at radius 2 is 1.76 bits per heavy atom. The smallest absolute Gasteiger partial charge is 0.367 e. The molecular weight excluding hydrogens is 543 g/mol. The predicted molar refractivity (Wildman–Crippen MR) is 148 cm³/mol. The van der Waals surface area contributed by atoms with E-state index in [1.165, 1.54) is 12.1 Å². The fraction of sp³-hybridized carbons (Fsp3) is 0.379. The lowest BCUT2D eigenvalue weighted by molar-refractivity contribution is -0.138. The summed E-state index contributed by atoms with van der Waals surface area (Å²) in [4.78, 5) is 23.9. The number of nitrogens with one attached hydrogen (secondary N) is 2. The quantitative estimate of drug-likeness (QED) is 0.425. The lowest BCUT2D eigenvalue weighted by atomic mass is 10.0. The Kier molecular flexibility index (Phi) is 8.14. The van der Waals surface area contributed by atoms with Crippen molar-refractivity contribution in [3.8, 4) is 11.1 Å². The van der Waals surface area contributed by atoms with Crippen molar-refractivity contribution >= 4 is 23.1 Å². The molecule has 5 rings (SSSR count). The van der Waals surface area contributed by atoms with Crippen molar-refractivity contribution in [2.24, 2.45) is 0 Å². The Morgan fingerprint density at radius 3 is 2.41 bits per heavy atom. The summed E-state index contributed by atoms with van der Waals surface area (Å²) < 4.78 is 70.3. The fourth-order valence-corrected chi connectivity index (χ4v) is 5.18. The van der Waals surface area contributed by atoms with Gasteiger partial charge < -0.3 is 25.3 Å². The number of halogens is 5. The van der Waals surface area contributed by atoms with E-state index >= 15 is 4.39 Å². The number of alkyl halides is 3. The maximum Gasteiger partial charge on any atom is 0.417 e. The molecule has 0 radical (unpaired) electrons. The first-order valence-corrected chi connectivity index (χ1v) is 13.4. The van der Waals surface area contributed by atoms with Crippen LogP contribution in [0.15, 0.2) is 48.7 Å². The van der Waals surface area contributed by atoms with Crippen LogP contribution in [0, 0.1) is 11.6 Å². The molecular formula is C29H31F5N6O. The van der Waals surface area contributed by atoms with Crippen LogP contribution in [0.5, 0.6) is 0 Å². The summed E-state index contributed by atoms with van der Waals surface area (Å²) in [5.41, 5.74) is -1.04. The van der Waals surface area contributed by atoms with Gasteiger partial charge in [-0.25, -0.2) is 13.8 Å². The maximum absolute atomic E-state index is 15.6. The van der Waals surface area contributed by atoms with Gasteiger partial charge in [0.2, 0.25) is 0 Å². The summed E-state index contributed by atoms with van der Waals surface area (Å²) in [7, 11) is 1.97. The number of amides is 1. The zero-order chi connectivity index (χ0) is 29.3. The lowest BCUT2D eigenvalue weighted by Gasteiger charge is -2.39. The Labute approximate surface area is 235 Å². The Hall–Kier alpha value is -3.77. The molecule has 1 amide bonds. The summed E-state index contributed by atoms with van der Waals surface area (Å²) >= 11 is 0. The van der Waals surface area contributed by atoms with Crippen molar-refractivity contribution in [1.29, 1.82) is 0 Å². The van der Waals surface area contributed by atoms with Crippen LogP contribution in [-0.4, -0.2) is 74.7 Å². The first-order valence-electron chi connectivity index (χ1n) is 13.4. The molecule has 3 aromatic rings. The third-order valence-corrected chi connectivity index (χ3v) is 7.67. The van der Waals surface area contributed by atoms with Gasteiger partial charge in [0, 0.05) is 69.2 Å². The van der Waals surface area contributed by atoms with Crippen molar-refractivity contribution in [2.45, 2.75) is 19.1 Å². The maximum atomic E-state index is 15.6.